The van der Waals surface area contributed by atoms with Crippen LogP contribution in [0.3, 0.4) is 0 Å². The zero-order valence-corrected chi connectivity index (χ0v) is 13.3. The maximum atomic E-state index is 12.4. The third kappa shape index (κ3) is 3.42. The summed E-state index contributed by atoms with van der Waals surface area (Å²) in [5.41, 5.74) is 4.33. The Morgan fingerprint density at radius 3 is 2.38 bits per heavy atom. The average molecular weight is 303 g/mol. The Kier molecular flexibility index (Phi) is 4.97. The lowest BCUT2D eigenvalue weighted by atomic mass is 10.0. The third-order valence-corrected chi connectivity index (χ3v) is 3.78. The summed E-state index contributed by atoms with van der Waals surface area (Å²) >= 11 is 6.14. The van der Waals surface area contributed by atoms with Gasteiger partial charge in [0.25, 0.3) is 5.91 Å². The zero-order valence-electron chi connectivity index (χ0n) is 12.5. The van der Waals surface area contributed by atoms with E-state index in [1.807, 2.05) is 25.1 Å². The minimum atomic E-state index is -0.219. The van der Waals surface area contributed by atoms with Crippen molar-refractivity contribution in [2.24, 2.45) is 0 Å². The maximum absolute atomic E-state index is 12.4. The maximum Gasteiger partial charge on any atom is 0.258 e. The monoisotopic (exact) mass is 302 g/mol. The summed E-state index contributed by atoms with van der Waals surface area (Å²) in [4.78, 5) is 16.6. The fraction of sp³-hybridized carbons (Fsp3) is 0.294. The van der Waals surface area contributed by atoms with Gasteiger partial charge in [-0.25, -0.2) is 0 Å². The fourth-order valence-electron chi connectivity index (χ4n) is 2.28. The first-order chi connectivity index (χ1) is 10.1. The van der Waals surface area contributed by atoms with Crippen molar-refractivity contribution in [1.82, 2.24) is 4.98 Å². The summed E-state index contributed by atoms with van der Waals surface area (Å²) in [5, 5.41) is 3.42. The Bertz CT molecular complexity index is 646. The number of aromatic nitrogens is 1. The number of rotatable bonds is 4. The van der Waals surface area contributed by atoms with Crippen molar-refractivity contribution in [3.63, 3.8) is 0 Å². The van der Waals surface area contributed by atoms with Gasteiger partial charge in [0.15, 0.2) is 0 Å². The van der Waals surface area contributed by atoms with E-state index in [2.05, 4.69) is 24.1 Å². The molecule has 0 unspecified atom stereocenters. The van der Waals surface area contributed by atoms with Gasteiger partial charge in [0.05, 0.1) is 10.6 Å². The number of anilines is 1. The predicted octanol–water partition coefficient (Wildman–Crippen LogP) is 4.42. The number of benzene rings is 1. The molecule has 21 heavy (non-hydrogen) atoms. The van der Waals surface area contributed by atoms with Crippen molar-refractivity contribution >= 4 is 23.2 Å². The van der Waals surface area contributed by atoms with Gasteiger partial charge in [-0.05, 0) is 37.0 Å². The van der Waals surface area contributed by atoms with Crippen LogP contribution in [0, 0.1) is 6.92 Å². The number of nitrogens with one attached hydrogen (secondary N) is 1. The van der Waals surface area contributed by atoms with E-state index in [4.69, 9.17) is 11.6 Å². The van der Waals surface area contributed by atoms with E-state index >= 15 is 0 Å². The number of carbonyl (C=O) groups excluding carboxylic acids is 1. The molecule has 0 fully saturated rings. The van der Waals surface area contributed by atoms with Crippen LogP contribution >= 0.6 is 11.6 Å². The number of carbonyl (C=O) groups is 1. The molecule has 0 aliphatic heterocycles. The highest BCUT2D eigenvalue weighted by molar-refractivity contribution is 6.34. The molecule has 0 atom stereocenters. The standard InChI is InChI=1S/C17H19ClN2O/c1-4-12-7-6-8-13(5-2)16(12)20-17(21)14-10-19-11(3)9-15(14)18/h6-10H,4-5H2,1-3H3,(H,20,21). The molecule has 0 bridgehead atoms. The second-order valence-electron chi connectivity index (χ2n) is 4.92. The molecule has 0 aliphatic rings. The van der Waals surface area contributed by atoms with Crippen molar-refractivity contribution < 1.29 is 4.79 Å². The van der Waals surface area contributed by atoms with Crippen LogP contribution in [-0.4, -0.2) is 10.9 Å². The van der Waals surface area contributed by atoms with Crippen molar-refractivity contribution in [1.29, 1.82) is 0 Å². The lowest BCUT2D eigenvalue weighted by Gasteiger charge is -2.14. The Morgan fingerprint density at radius 2 is 1.86 bits per heavy atom. The van der Waals surface area contributed by atoms with Gasteiger partial charge in [-0.15, -0.1) is 0 Å². The molecule has 1 amide bonds. The number of halogens is 1. The second kappa shape index (κ2) is 6.72. The molecule has 1 heterocycles. The summed E-state index contributed by atoms with van der Waals surface area (Å²) in [6.45, 7) is 5.99. The molecule has 0 saturated heterocycles. The number of para-hydroxylation sites is 1. The van der Waals surface area contributed by atoms with E-state index in [0.29, 0.717) is 10.6 Å². The van der Waals surface area contributed by atoms with Crippen LogP contribution in [0.2, 0.25) is 5.02 Å². The lowest BCUT2D eigenvalue weighted by Crippen LogP contribution is -2.15. The molecule has 0 spiro atoms. The molecule has 0 aliphatic carbocycles. The van der Waals surface area contributed by atoms with Gasteiger partial charge in [0.2, 0.25) is 0 Å². The molecule has 110 valence electrons. The molecule has 4 heteroatoms. The number of hydrogen-bond acceptors (Lipinski definition) is 2. The molecule has 3 nitrogen and oxygen atoms in total. The van der Waals surface area contributed by atoms with Crippen LogP contribution in [0.5, 0.6) is 0 Å². The highest BCUT2D eigenvalue weighted by Crippen LogP contribution is 2.24. The third-order valence-electron chi connectivity index (χ3n) is 3.47. The number of hydrogen-bond donors (Lipinski definition) is 1. The molecule has 1 N–H and O–H groups in total. The largest absolute Gasteiger partial charge is 0.321 e. The molecule has 1 aromatic carbocycles. The molecular weight excluding hydrogens is 284 g/mol. The van der Waals surface area contributed by atoms with Gasteiger partial charge in [0, 0.05) is 17.6 Å². The lowest BCUT2D eigenvalue weighted by molar-refractivity contribution is 0.102. The van der Waals surface area contributed by atoms with Gasteiger partial charge in [-0.3, -0.25) is 9.78 Å². The second-order valence-corrected chi connectivity index (χ2v) is 5.33. The first-order valence-corrected chi connectivity index (χ1v) is 7.48. The summed E-state index contributed by atoms with van der Waals surface area (Å²) in [7, 11) is 0. The van der Waals surface area contributed by atoms with Gasteiger partial charge in [0.1, 0.15) is 0 Å². The summed E-state index contributed by atoms with van der Waals surface area (Å²) in [6, 6.07) is 7.78. The van der Waals surface area contributed by atoms with E-state index in [0.717, 1.165) is 35.3 Å². The van der Waals surface area contributed by atoms with Crippen LogP contribution in [-0.2, 0) is 12.8 Å². The highest BCUT2D eigenvalue weighted by Gasteiger charge is 2.14. The fourth-order valence-corrected chi connectivity index (χ4v) is 2.57. The molecular formula is C17H19ClN2O. The number of aryl methyl sites for hydroxylation is 3. The van der Waals surface area contributed by atoms with Crippen LogP contribution in [0.4, 0.5) is 5.69 Å². The Labute approximate surface area is 130 Å². The highest BCUT2D eigenvalue weighted by atomic mass is 35.5. The smallest absolute Gasteiger partial charge is 0.258 e. The Balaban J connectivity index is 2.35. The van der Waals surface area contributed by atoms with Crippen molar-refractivity contribution in [3.8, 4) is 0 Å². The van der Waals surface area contributed by atoms with E-state index in [-0.39, 0.29) is 5.91 Å². The number of pyridine rings is 1. The van der Waals surface area contributed by atoms with Crippen molar-refractivity contribution in [2.75, 3.05) is 5.32 Å². The first-order valence-electron chi connectivity index (χ1n) is 7.11. The molecule has 0 radical (unpaired) electrons. The van der Waals surface area contributed by atoms with Crippen LogP contribution in [0.1, 0.15) is 41.0 Å². The van der Waals surface area contributed by atoms with Crippen molar-refractivity contribution in [3.05, 3.63) is 57.9 Å². The average Bonchev–Trinajstić information content (AvgIpc) is 2.47. The zero-order chi connectivity index (χ0) is 15.4. The topological polar surface area (TPSA) is 42.0 Å². The Hall–Kier alpha value is -1.87. The van der Waals surface area contributed by atoms with E-state index < -0.39 is 0 Å². The summed E-state index contributed by atoms with van der Waals surface area (Å²) in [6.07, 6.45) is 3.25. The normalized spacial score (nSPS) is 10.5. The van der Waals surface area contributed by atoms with Gasteiger partial charge in [-0.1, -0.05) is 43.6 Å². The number of nitrogens with zero attached hydrogens (tertiary/aromatic N) is 1. The molecule has 0 saturated carbocycles. The summed E-state index contributed by atoms with van der Waals surface area (Å²) in [5.74, 6) is -0.219. The molecule has 1 aromatic heterocycles. The first kappa shape index (κ1) is 15.5. The van der Waals surface area contributed by atoms with Gasteiger partial charge in [-0.2, -0.15) is 0 Å². The SMILES string of the molecule is CCc1cccc(CC)c1NC(=O)c1cnc(C)cc1Cl. The van der Waals surface area contributed by atoms with Gasteiger partial charge >= 0.3 is 0 Å². The van der Waals surface area contributed by atoms with Gasteiger partial charge < -0.3 is 5.32 Å². The van der Waals surface area contributed by atoms with E-state index in [1.165, 1.54) is 6.20 Å². The quantitative estimate of drug-likeness (QED) is 0.908. The van der Waals surface area contributed by atoms with E-state index in [9.17, 15) is 4.79 Å². The minimum absolute atomic E-state index is 0.219. The van der Waals surface area contributed by atoms with Crippen LogP contribution < -0.4 is 5.32 Å². The van der Waals surface area contributed by atoms with E-state index in [1.54, 1.807) is 6.07 Å². The predicted molar refractivity (Wildman–Crippen MR) is 87.1 cm³/mol. The number of amides is 1. The summed E-state index contributed by atoms with van der Waals surface area (Å²) < 4.78 is 0. The van der Waals surface area contributed by atoms with Crippen LogP contribution in [0.15, 0.2) is 30.5 Å². The van der Waals surface area contributed by atoms with Crippen molar-refractivity contribution in [2.45, 2.75) is 33.6 Å². The van der Waals surface area contributed by atoms with Crippen LogP contribution in [0.25, 0.3) is 0 Å². The molecule has 2 rings (SSSR count). The molecule has 2 aromatic rings. The minimum Gasteiger partial charge on any atom is -0.321 e. The Morgan fingerprint density at radius 1 is 1.24 bits per heavy atom.